The van der Waals surface area contributed by atoms with Gasteiger partial charge in [0.05, 0.1) is 6.61 Å². The smallest absolute Gasteiger partial charge is 0.222 e. The molecule has 1 amide bonds. The first-order valence-corrected chi connectivity index (χ1v) is 6.94. The van der Waals surface area contributed by atoms with Crippen molar-refractivity contribution in [2.75, 3.05) is 32.8 Å². The molecule has 4 heteroatoms. The fourth-order valence-corrected chi connectivity index (χ4v) is 2.20. The van der Waals surface area contributed by atoms with Crippen molar-refractivity contribution in [2.24, 2.45) is 0 Å². The Kier molecular flexibility index (Phi) is 5.21. The number of benzene rings is 1. The normalized spacial score (nSPS) is 15.3. The van der Waals surface area contributed by atoms with Gasteiger partial charge in [0.15, 0.2) is 0 Å². The molecule has 1 fully saturated rings. The summed E-state index contributed by atoms with van der Waals surface area (Å²) in [5, 5.41) is 3.25. The Labute approximate surface area is 114 Å². The fraction of sp³-hybridized carbons (Fsp3) is 0.533. The van der Waals surface area contributed by atoms with Crippen LogP contribution in [-0.2, 0) is 4.79 Å². The van der Waals surface area contributed by atoms with Crippen LogP contribution in [0.3, 0.4) is 0 Å². The number of amides is 1. The molecule has 0 aromatic heterocycles. The first-order valence-electron chi connectivity index (χ1n) is 6.94. The molecular weight excluding hydrogens is 240 g/mol. The Morgan fingerprint density at radius 2 is 2.05 bits per heavy atom. The van der Waals surface area contributed by atoms with Crippen LogP contribution in [0.15, 0.2) is 24.3 Å². The molecule has 1 heterocycles. The third kappa shape index (κ3) is 4.24. The van der Waals surface area contributed by atoms with Gasteiger partial charge in [-0.2, -0.15) is 0 Å². The van der Waals surface area contributed by atoms with E-state index in [0.717, 1.165) is 43.9 Å². The van der Waals surface area contributed by atoms with E-state index in [2.05, 4.69) is 5.32 Å². The highest BCUT2D eigenvalue weighted by Crippen LogP contribution is 2.16. The molecule has 0 bridgehead atoms. The van der Waals surface area contributed by atoms with Crippen molar-refractivity contribution >= 4 is 5.91 Å². The van der Waals surface area contributed by atoms with E-state index in [1.165, 1.54) is 0 Å². The number of carbonyl (C=O) groups is 1. The van der Waals surface area contributed by atoms with Gasteiger partial charge in [0.25, 0.3) is 0 Å². The summed E-state index contributed by atoms with van der Waals surface area (Å²) in [6.45, 7) is 6.11. The molecule has 0 aliphatic carbocycles. The number of piperazine rings is 1. The average Bonchev–Trinajstić information content (AvgIpc) is 2.46. The van der Waals surface area contributed by atoms with Gasteiger partial charge in [0, 0.05) is 32.6 Å². The quantitative estimate of drug-likeness (QED) is 0.819. The number of hydrogen-bond donors (Lipinski definition) is 1. The highest BCUT2D eigenvalue weighted by molar-refractivity contribution is 5.76. The number of nitrogens with zero attached hydrogens (tertiary/aromatic N) is 1. The molecule has 0 radical (unpaired) electrons. The number of para-hydroxylation sites is 1. The Morgan fingerprint density at radius 3 is 2.79 bits per heavy atom. The topological polar surface area (TPSA) is 41.6 Å². The molecule has 1 N–H and O–H groups in total. The van der Waals surface area contributed by atoms with Crippen LogP contribution in [0.5, 0.6) is 5.75 Å². The van der Waals surface area contributed by atoms with E-state index >= 15 is 0 Å². The van der Waals surface area contributed by atoms with E-state index in [9.17, 15) is 4.79 Å². The summed E-state index contributed by atoms with van der Waals surface area (Å²) in [5.41, 5.74) is 1.14. The zero-order valence-electron chi connectivity index (χ0n) is 11.5. The molecule has 0 spiro atoms. The largest absolute Gasteiger partial charge is 0.493 e. The van der Waals surface area contributed by atoms with Crippen LogP contribution < -0.4 is 10.1 Å². The second-order valence-corrected chi connectivity index (χ2v) is 4.85. The predicted molar refractivity (Wildman–Crippen MR) is 75.4 cm³/mol. The maximum atomic E-state index is 11.9. The summed E-state index contributed by atoms with van der Waals surface area (Å²) in [6, 6.07) is 7.96. The molecule has 1 aliphatic heterocycles. The highest BCUT2D eigenvalue weighted by atomic mass is 16.5. The first-order chi connectivity index (χ1) is 9.27. The van der Waals surface area contributed by atoms with Gasteiger partial charge >= 0.3 is 0 Å². The molecule has 1 aliphatic rings. The molecule has 1 saturated heterocycles. The van der Waals surface area contributed by atoms with Crippen molar-refractivity contribution in [2.45, 2.75) is 19.8 Å². The van der Waals surface area contributed by atoms with Crippen LogP contribution in [-0.4, -0.2) is 43.6 Å². The van der Waals surface area contributed by atoms with Crippen LogP contribution >= 0.6 is 0 Å². The summed E-state index contributed by atoms with van der Waals surface area (Å²) in [5.74, 6) is 1.16. The second-order valence-electron chi connectivity index (χ2n) is 4.85. The molecule has 19 heavy (non-hydrogen) atoms. The number of aryl methyl sites for hydroxylation is 1. The second kappa shape index (κ2) is 7.14. The van der Waals surface area contributed by atoms with E-state index in [0.29, 0.717) is 13.0 Å². The maximum absolute atomic E-state index is 11.9. The third-order valence-corrected chi connectivity index (χ3v) is 3.36. The molecular formula is C15H22N2O2. The number of rotatable bonds is 5. The SMILES string of the molecule is Cc1ccccc1OCCCC(=O)N1CCNCC1. The predicted octanol–water partition coefficient (Wildman–Crippen LogP) is 1.59. The number of carbonyl (C=O) groups excluding carboxylic acids is 1. The molecule has 1 aromatic carbocycles. The molecule has 2 rings (SSSR count). The number of hydrogen-bond acceptors (Lipinski definition) is 3. The van der Waals surface area contributed by atoms with Gasteiger partial charge in [-0.15, -0.1) is 0 Å². The Bertz CT molecular complexity index is 414. The van der Waals surface area contributed by atoms with Crippen molar-refractivity contribution in [1.82, 2.24) is 10.2 Å². The van der Waals surface area contributed by atoms with Crippen LogP contribution in [0.1, 0.15) is 18.4 Å². The lowest BCUT2D eigenvalue weighted by Crippen LogP contribution is -2.46. The summed E-state index contributed by atoms with van der Waals surface area (Å²) in [7, 11) is 0. The lowest BCUT2D eigenvalue weighted by atomic mass is 10.2. The molecule has 0 saturated carbocycles. The van der Waals surface area contributed by atoms with Crippen LogP contribution in [0.4, 0.5) is 0 Å². The van der Waals surface area contributed by atoms with Crippen LogP contribution in [0.25, 0.3) is 0 Å². The van der Waals surface area contributed by atoms with Crippen LogP contribution in [0, 0.1) is 6.92 Å². The van der Waals surface area contributed by atoms with Crippen molar-refractivity contribution in [1.29, 1.82) is 0 Å². The van der Waals surface area contributed by atoms with Crippen molar-refractivity contribution in [3.8, 4) is 5.75 Å². The number of ether oxygens (including phenoxy) is 1. The summed E-state index contributed by atoms with van der Waals surface area (Å²) in [6.07, 6.45) is 1.35. The van der Waals surface area contributed by atoms with Crippen molar-refractivity contribution in [3.63, 3.8) is 0 Å². The minimum Gasteiger partial charge on any atom is -0.493 e. The molecule has 104 valence electrons. The highest BCUT2D eigenvalue weighted by Gasteiger charge is 2.15. The van der Waals surface area contributed by atoms with Crippen molar-refractivity contribution < 1.29 is 9.53 Å². The van der Waals surface area contributed by atoms with Gasteiger partial charge in [0.2, 0.25) is 5.91 Å². The van der Waals surface area contributed by atoms with E-state index in [1.54, 1.807) is 0 Å². The monoisotopic (exact) mass is 262 g/mol. The zero-order valence-corrected chi connectivity index (χ0v) is 11.5. The summed E-state index contributed by atoms with van der Waals surface area (Å²) < 4.78 is 5.69. The van der Waals surface area contributed by atoms with Gasteiger partial charge < -0.3 is 15.0 Å². The van der Waals surface area contributed by atoms with E-state index in [1.807, 2.05) is 36.1 Å². The number of nitrogens with one attached hydrogen (secondary N) is 1. The van der Waals surface area contributed by atoms with E-state index < -0.39 is 0 Å². The van der Waals surface area contributed by atoms with Gasteiger partial charge in [-0.3, -0.25) is 4.79 Å². The van der Waals surface area contributed by atoms with Crippen molar-refractivity contribution in [3.05, 3.63) is 29.8 Å². The van der Waals surface area contributed by atoms with E-state index in [-0.39, 0.29) is 5.91 Å². The maximum Gasteiger partial charge on any atom is 0.222 e. The van der Waals surface area contributed by atoms with E-state index in [4.69, 9.17) is 4.74 Å². The standard InChI is InChI=1S/C15H22N2O2/c1-13-5-2-3-6-14(13)19-12-4-7-15(18)17-10-8-16-9-11-17/h2-3,5-6,16H,4,7-12H2,1H3. The molecule has 0 atom stereocenters. The average molecular weight is 262 g/mol. The summed E-state index contributed by atoms with van der Waals surface area (Å²) >= 11 is 0. The Hall–Kier alpha value is -1.55. The Morgan fingerprint density at radius 1 is 1.32 bits per heavy atom. The third-order valence-electron chi connectivity index (χ3n) is 3.36. The van der Waals surface area contributed by atoms with Gasteiger partial charge in [0.1, 0.15) is 5.75 Å². The lowest BCUT2D eigenvalue weighted by molar-refractivity contribution is -0.132. The fourth-order valence-electron chi connectivity index (χ4n) is 2.20. The molecule has 1 aromatic rings. The zero-order chi connectivity index (χ0) is 13.5. The van der Waals surface area contributed by atoms with Crippen LogP contribution in [0.2, 0.25) is 0 Å². The van der Waals surface area contributed by atoms with Gasteiger partial charge in [-0.25, -0.2) is 0 Å². The van der Waals surface area contributed by atoms with Gasteiger partial charge in [-0.1, -0.05) is 18.2 Å². The first kappa shape index (κ1) is 13.9. The lowest BCUT2D eigenvalue weighted by Gasteiger charge is -2.27. The molecule has 0 unspecified atom stereocenters. The minimum absolute atomic E-state index is 0.245. The minimum atomic E-state index is 0.245. The Balaban J connectivity index is 1.66. The molecule has 4 nitrogen and oxygen atoms in total. The summed E-state index contributed by atoms with van der Waals surface area (Å²) in [4.78, 5) is 13.9. The van der Waals surface area contributed by atoms with Gasteiger partial charge in [-0.05, 0) is 25.0 Å².